The standard InChI is InChI=1S/C33H30BrClN2O5S/c1-5-40-32(39)29-20(4)36-33-37(30(29)25-8-6-7-9-27(25)42-19(2)3)31(38)28(43-33)17-22-16-24(35)14-15-26(22)41-18-21-10-12-23(34)13-11-21/h6-17,19,30H,5,18H2,1-4H3/b28-17-/t30-/m0/s1. The molecule has 5 rings (SSSR count). The van der Waals surface area contributed by atoms with Gasteiger partial charge in [-0.2, -0.15) is 0 Å². The smallest absolute Gasteiger partial charge is 0.338 e. The molecule has 0 saturated carbocycles. The molecule has 0 amide bonds. The molecule has 0 saturated heterocycles. The summed E-state index contributed by atoms with van der Waals surface area (Å²) in [6.07, 6.45) is 1.63. The van der Waals surface area contributed by atoms with Crippen molar-refractivity contribution in [2.45, 2.75) is 46.4 Å². The first-order valence-corrected chi connectivity index (χ1v) is 15.8. The Bertz CT molecular complexity index is 1880. The summed E-state index contributed by atoms with van der Waals surface area (Å²) in [5.74, 6) is 0.627. The van der Waals surface area contributed by atoms with Gasteiger partial charge in [0.25, 0.3) is 5.56 Å². The molecule has 0 bridgehead atoms. The fourth-order valence-corrected chi connectivity index (χ4v) is 6.28. The summed E-state index contributed by atoms with van der Waals surface area (Å²) in [5.41, 5.74) is 2.78. The minimum atomic E-state index is -0.792. The minimum absolute atomic E-state index is 0.119. The number of hydrogen-bond donors (Lipinski definition) is 0. The first kappa shape index (κ1) is 30.8. The van der Waals surface area contributed by atoms with E-state index < -0.39 is 12.0 Å². The summed E-state index contributed by atoms with van der Waals surface area (Å²) in [7, 11) is 0. The third kappa shape index (κ3) is 6.79. The first-order chi connectivity index (χ1) is 20.7. The Morgan fingerprint density at radius 3 is 2.58 bits per heavy atom. The Labute approximate surface area is 266 Å². The molecule has 4 aromatic rings. The minimum Gasteiger partial charge on any atom is -0.491 e. The van der Waals surface area contributed by atoms with Crippen LogP contribution in [0.25, 0.3) is 6.08 Å². The second kappa shape index (κ2) is 13.3. The Morgan fingerprint density at radius 1 is 1.12 bits per heavy atom. The number of benzene rings is 3. The normalized spacial score (nSPS) is 14.9. The van der Waals surface area contributed by atoms with Crippen molar-refractivity contribution < 1.29 is 19.0 Å². The van der Waals surface area contributed by atoms with Crippen LogP contribution >= 0.6 is 38.9 Å². The van der Waals surface area contributed by atoms with Crippen LogP contribution in [0.4, 0.5) is 0 Å². The number of hydrogen-bond acceptors (Lipinski definition) is 7. The Hall–Kier alpha value is -3.66. The Kier molecular flexibility index (Phi) is 9.54. The van der Waals surface area contributed by atoms with E-state index in [1.807, 2.05) is 62.4 Å². The molecule has 1 atom stereocenters. The predicted octanol–water partition coefficient (Wildman–Crippen LogP) is 6.58. The number of para-hydroxylation sites is 1. The zero-order valence-corrected chi connectivity index (χ0v) is 27.3. The van der Waals surface area contributed by atoms with Crippen LogP contribution in [0.2, 0.25) is 5.02 Å². The number of fused-ring (bicyclic) bond motifs is 1. The average molecular weight is 682 g/mol. The zero-order valence-electron chi connectivity index (χ0n) is 24.1. The molecule has 7 nitrogen and oxygen atoms in total. The SMILES string of the molecule is CCOC(=O)C1=C(C)N=c2s/c(=C\c3cc(Cl)ccc3OCc3ccc(Br)cc3)c(=O)n2[C@H]1c1ccccc1OC(C)C. The number of allylic oxidation sites excluding steroid dienone is 1. The number of carbonyl (C=O) groups is 1. The van der Waals surface area contributed by atoms with Crippen LogP contribution in [0, 0.1) is 0 Å². The quantitative estimate of drug-likeness (QED) is 0.187. The van der Waals surface area contributed by atoms with Gasteiger partial charge in [0.2, 0.25) is 0 Å². The van der Waals surface area contributed by atoms with Gasteiger partial charge in [-0.15, -0.1) is 0 Å². The van der Waals surface area contributed by atoms with Crippen molar-refractivity contribution in [3.05, 3.63) is 124 Å². The highest BCUT2D eigenvalue weighted by Gasteiger charge is 2.35. The fourth-order valence-electron chi connectivity index (χ4n) is 4.80. The highest BCUT2D eigenvalue weighted by Crippen LogP contribution is 2.36. The Balaban J connectivity index is 1.64. The van der Waals surface area contributed by atoms with E-state index in [4.69, 9.17) is 25.8 Å². The van der Waals surface area contributed by atoms with Gasteiger partial charge in [-0.05, 0) is 75.7 Å². The van der Waals surface area contributed by atoms with E-state index in [0.29, 0.717) is 54.9 Å². The molecule has 222 valence electrons. The summed E-state index contributed by atoms with van der Waals surface area (Å²) in [5, 5.41) is 0.507. The van der Waals surface area contributed by atoms with Gasteiger partial charge in [0, 0.05) is 20.6 Å². The van der Waals surface area contributed by atoms with Crippen molar-refractivity contribution in [3.63, 3.8) is 0 Å². The lowest BCUT2D eigenvalue weighted by Gasteiger charge is -2.26. The van der Waals surface area contributed by atoms with Crippen molar-refractivity contribution in [2.24, 2.45) is 4.99 Å². The monoisotopic (exact) mass is 680 g/mol. The molecule has 43 heavy (non-hydrogen) atoms. The summed E-state index contributed by atoms with van der Waals surface area (Å²) >= 11 is 11.1. The summed E-state index contributed by atoms with van der Waals surface area (Å²) in [6, 6.07) is 19.8. The van der Waals surface area contributed by atoms with Gasteiger partial charge < -0.3 is 14.2 Å². The molecule has 0 radical (unpaired) electrons. The van der Waals surface area contributed by atoms with Crippen molar-refractivity contribution in [1.82, 2.24) is 4.57 Å². The maximum Gasteiger partial charge on any atom is 0.338 e. The van der Waals surface area contributed by atoms with Crippen LogP contribution in [0.3, 0.4) is 0 Å². The maximum atomic E-state index is 14.2. The van der Waals surface area contributed by atoms with E-state index in [1.54, 1.807) is 42.7 Å². The lowest BCUT2D eigenvalue weighted by Crippen LogP contribution is -2.40. The summed E-state index contributed by atoms with van der Waals surface area (Å²) < 4.78 is 20.6. The number of thiazole rings is 1. The van der Waals surface area contributed by atoms with Gasteiger partial charge in [-0.25, -0.2) is 9.79 Å². The van der Waals surface area contributed by atoms with Crippen molar-refractivity contribution in [1.29, 1.82) is 0 Å². The summed E-state index contributed by atoms with van der Waals surface area (Å²) in [6.45, 7) is 7.89. The average Bonchev–Trinajstić information content (AvgIpc) is 3.27. The molecule has 0 aliphatic carbocycles. The zero-order chi connectivity index (χ0) is 30.7. The van der Waals surface area contributed by atoms with Gasteiger partial charge in [0.05, 0.1) is 28.5 Å². The van der Waals surface area contributed by atoms with E-state index in [0.717, 1.165) is 10.0 Å². The van der Waals surface area contributed by atoms with Crippen LogP contribution in [-0.4, -0.2) is 23.2 Å². The molecular formula is C33H30BrClN2O5S. The molecule has 0 N–H and O–H groups in total. The number of halogens is 2. The maximum absolute atomic E-state index is 14.2. The van der Waals surface area contributed by atoms with E-state index in [2.05, 4.69) is 20.9 Å². The molecule has 1 aromatic heterocycles. The van der Waals surface area contributed by atoms with Crippen LogP contribution in [0.1, 0.15) is 50.4 Å². The second-order valence-electron chi connectivity index (χ2n) is 10.1. The van der Waals surface area contributed by atoms with Crippen LogP contribution < -0.4 is 24.4 Å². The van der Waals surface area contributed by atoms with Crippen LogP contribution in [-0.2, 0) is 16.1 Å². The molecule has 0 unspecified atom stereocenters. The number of esters is 1. The molecule has 0 fully saturated rings. The number of ether oxygens (including phenoxy) is 3. The molecule has 1 aliphatic heterocycles. The van der Waals surface area contributed by atoms with Crippen LogP contribution in [0.15, 0.2) is 92.3 Å². The first-order valence-electron chi connectivity index (χ1n) is 13.8. The third-order valence-electron chi connectivity index (χ3n) is 6.66. The molecular weight excluding hydrogens is 652 g/mol. The third-order valence-corrected chi connectivity index (χ3v) is 8.41. The van der Waals surface area contributed by atoms with E-state index >= 15 is 0 Å². The topological polar surface area (TPSA) is 79.1 Å². The van der Waals surface area contributed by atoms with Crippen LogP contribution in [0.5, 0.6) is 11.5 Å². The summed E-state index contributed by atoms with van der Waals surface area (Å²) in [4.78, 5) is 32.6. The van der Waals surface area contributed by atoms with Crippen molar-refractivity contribution in [2.75, 3.05) is 6.61 Å². The van der Waals surface area contributed by atoms with Gasteiger partial charge in [0.1, 0.15) is 24.1 Å². The molecule has 1 aliphatic rings. The molecule has 10 heteroatoms. The number of rotatable bonds is 9. The lowest BCUT2D eigenvalue weighted by molar-refractivity contribution is -0.139. The van der Waals surface area contributed by atoms with E-state index in [1.165, 1.54) is 11.3 Å². The molecule has 0 spiro atoms. The highest BCUT2D eigenvalue weighted by atomic mass is 79.9. The molecule has 3 aromatic carbocycles. The predicted molar refractivity (Wildman–Crippen MR) is 173 cm³/mol. The fraction of sp³-hybridized carbons (Fsp3) is 0.242. The number of nitrogens with zero attached hydrogens (tertiary/aromatic N) is 2. The largest absolute Gasteiger partial charge is 0.491 e. The van der Waals surface area contributed by atoms with Gasteiger partial charge in [-0.3, -0.25) is 9.36 Å². The van der Waals surface area contributed by atoms with Crippen molar-refractivity contribution >= 4 is 50.9 Å². The second-order valence-corrected chi connectivity index (χ2v) is 12.5. The number of carbonyl (C=O) groups excluding carboxylic acids is 1. The van der Waals surface area contributed by atoms with Gasteiger partial charge in [0.15, 0.2) is 4.80 Å². The van der Waals surface area contributed by atoms with E-state index in [9.17, 15) is 9.59 Å². The molecule has 2 heterocycles. The van der Waals surface area contributed by atoms with Crippen molar-refractivity contribution in [3.8, 4) is 11.5 Å². The van der Waals surface area contributed by atoms with Gasteiger partial charge >= 0.3 is 5.97 Å². The lowest BCUT2D eigenvalue weighted by atomic mass is 9.95. The van der Waals surface area contributed by atoms with Gasteiger partial charge in [-0.1, -0.05) is 69.2 Å². The Morgan fingerprint density at radius 2 is 1.86 bits per heavy atom. The van der Waals surface area contributed by atoms with E-state index in [-0.39, 0.29) is 18.3 Å². The number of aromatic nitrogens is 1. The highest BCUT2D eigenvalue weighted by molar-refractivity contribution is 9.10.